The summed E-state index contributed by atoms with van der Waals surface area (Å²) in [7, 11) is -2.91. The monoisotopic (exact) mass is 970 g/mol. The average molecular weight is 971 g/mol. The number of hydrogen-bond donors (Lipinski definition) is 0. The number of rotatable bonds is 10. The van der Waals surface area contributed by atoms with E-state index in [9.17, 15) is 0 Å². The van der Waals surface area contributed by atoms with Crippen LogP contribution in [0.2, 0.25) is 0 Å². The maximum absolute atomic E-state index is 2.91. The van der Waals surface area contributed by atoms with Gasteiger partial charge < -0.3 is 9.13 Å². The van der Waals surface area contributed by atoms with Crippen molar-refractivity contribution in [3.05, 3.63) is 303 Å². The topological polar surface area (TPSA) is 9.86 Å². The summed E-state index contributed by atoms with van der Waals surface area (Å²) in [5.41, 5.74) is 16.4. The summed E-state index contributed by atoms with van der Waals surface area (Å²) in [5.74, 6) is 0. The summed E-state index contributed by atoms with van der Waals surface area (Å²) < 4.78 is 5.05. The molecule has 0 aliphatic rings. The van der Waals surface area contributed by atoms with E-state index in [1.165, 1.54) is 86.7 Å². The Labute approximate surface area is 438 Å². The first-order chi connectivity index (χ1) is 37.2. The Bertz CT molecular complexity index is 4190. The van der Waals surface area contributed by atoms with E-state index < -0.39 is 8.07 Å². The van der Waals surface area contributed by atoms with Gasteiger partial charge in [-0.1, -0.05) is 255 Å². The molecular weight excluding hydrogens is 921 g/mol. The Balaban J connectivity index is 1.03. The van der Waals surface area contributed by atoms with Crippen molar-refractivity contribution in [3.63, 3.8) is 0 Å². The van der Waals surface area contributed by atoms with E-state index in [-0.39, 0.29) is 0 Å². The zero-order valence-electron chi connectivity index (χ0n) is 41.3. The smallest absolute Gasteiger partial charge is 0.180 e. The lowest BCUT2D eigenvalue weighted by Crippen LogP contribution is -2.74. The molecule has 0 bridgehead atoms. The SMILES string of the molecule is c1ccc(-c2cccc(-c3cccc(-c4cccc(-c5ccccc5)c4)c3-n3c4ccccc4c4cc(-n5c6ccccc6c6c([Si](c7ccccc7)(c7ccccc7)c7ccccc7)cccc65)ccc43)c2)cc1. The van der Waals surface area contributed by atoms with Gasteiger partial charge in [0.15, 0.2) is 8.07 Å². The maximum atomic E-state index is 2.53. The summed E-state index contributed by atoms with van der Waals surface area (Å²) in [6, 6.07) is 112. The summed E-state index contributed by atoms with van der Waals surface area (Å²) in [6.07, 6.45) is 0. The molecule has 0 N–H and O–H groups in total. The lowest BCUT2D eigenvalue weighted by molar-refractivity contribution is 1.17. The molecule has 2 aromatic heterocycles. The van der Waals surface area contributed by atoms with Crippen molar-refractivity contribution in [2.24, 2.45) is 0 Å². The summed E-state index contributed by atoms with van der Waals surface area (Å²) in [4.78, 5) is 0. The van der Waals surface area contributed by atoms with E-state index in [1.807, 2.05) is 0 Å². The minimum absolute atomic E-state index is 1.12. The predicted molar refractivity (Wildman–Crippen MR) is 320 cm³/mol. The van der Waals surface area contributed by atoms with Crippen molar-refractivity contribution >= 4 is 72.4 Å². The minimum Gasteiger partial charge on any atom is -0.309 e. The lowest BCUT2D eigenvalue weighted by atomic mass is 9.92. The van der Waals surface area contributed by atoms with Crippen molar-refractivity contribution in [1.82, 2.24) is 9.13 Å². The summed E-state index contributed by atoms with van der Waals surface area (Å²) in [5, 5.41) is 10.4. The number of hydrogen-bond acceptors (Lipinski definition) is 0. The molecular formula is C72H50N2Si. The predicted octanol–water partition coefficient (Wildman–Crippen LogP) is 15.9. The van der Waals surface area contributed by atoms with Gasteiger partial charge >= 0.3 is 0 Å². The molecule has 2 nitrogen and oxygen atoms in total. The maximum Gasteiger partial charge on any atom is 0.180 e. The fraction of sp³-hybridized carbons (Fsp3) is 0. The van der Waals surface area contributed by atoms with Crippen LogP contribution in [0, 0.1) is 0 Å². The van der Waals surface area contributed by atoms with Crippen LogP contribution in [0.4, 0.5) is 0 Å². The van der Waals surface area contributed by atoms with E-state index in [0.717, 1.165) is 33.5 Å². The molecule has 0 saturated carbocycles. The molecule has 0 unspecified atom stereocenters. The average Bonchev–Trinajstić information content (AvgIpc) is 4.08. The normalized spacial score (nSPS) is 11.7. The van der Waals surface area contributed by atoms with Gasteiger partial charge in [0.25, 0.3) is 0 Å². The third-order valence-electron chi connectivity index (χ3n) is 15.5. The van der Waals surface area contributed by atoms with Gasteiger partial charge in [0.05, 0.1) is 27.8 Å². The van der Waals surface area contributed by atoms with Gasteiger partial charge in [-0.05, 0) is 103 Å². The van der Waals surface area contributed by atoms with Crippen LogP contribution >= 0.6 is 0 Å². The molecule has 12 aromatic carbocycles. The van der Waals surface area contributed by atoms with Crippen molar-refractivity contribution in [2.45, 2.75) is 0 Å². The first kappa shape index (κ1) is 44.2. The van der Waals surface area contributed by atoms with Crippen LogP contribution in [0.25, 0.3) is 99.5 Å². The number of benzene rings is 12. The third kappa shape index (κ3) is 7.31. The molecule has 0 aliphatic carbocycles. The molecule has 0 saturated heterocycles. The van der Waals surface area contributed by atoms with Crippen molar-refractivity contribution < 1.29 is 0 Å². The molecule has 0 aliphatic heterocycles. The third-order valence-corrected chi connectivity index (χ3v) is 20.3. The lowest BCUT2D eigenvalue weighted by Gasteiger charge is -2.35. The Hall–Kier alpha value is -9.54. The molecule has 0 radical (unpaired) electrons. The standard InChI is InChI=1S/C72H50N2Si/c1-6-24-51(25-7-1)53-28-20-30-55(48-53)61-40-22-41-62(56-31-21-29-54(49-56)52-26-8-2-9-27-52)72(61)74-66-42-18-16-38-63(66)65-50-57(46-47-68(65)74)73-67-43-19-17-39-64(67)71-69(73)44-23-45-70(71)75(58-32-10-3-11-33-58,59-34-12-4-13-35-59)60-36-14-5-15-37-60/h1-50H. The zero-order valence-corrected chi connectivity index (χ0v) is 42.3. The van der Waals surface area contributed by atoms with Crippen LogP contribution in [0.3, 0.4) is 0 Å². The number of aromatic nitrogens is 2. The zero-order chi connectivity index (χ0) is 49.7. The summed E-state index contributed by atoms with van der Waals surface area (Å²) in [6.45, 7) is 0. The van der Waals surface area contributed by atoms with Gasteiger partial charge in [-0.3, -0.25) is 0 Å². The highest BCUT2D eigenvalue weighted by atomic mass is 28.3. The van der Waals surface area contributed by atoms with Gasteiger partial charge in [-0.15, -0.1) is 0 Å². The van der Waals surface area contributed by atoms with E-state index in [1.54, 1.807) is 0 Å². The molecule has 14 aromatic rings. The van der Waals surface area contributed by atoms with Gasteiger partial charge in [0.1, 0.15) is 0 Å². The fourth-order valence-corrected chi connectivity index (χ4v) is 17.2. The Morgan fingerprint density at radius 3 is 1.19 bits per heavy atom. The van der Waals surface area contributed by atoms with Crippen LogP contribution in [-0.2, 0) is 0 Å². The Morgan fingerprint density at radius 1 is 0.240 bits per heavy atom. The van der Waals surface area contributed by atoms with E-state index >= 15 is 0 Å². The minimum atomic E-state index is -2.91. The summed E-state index contributed by atoms with van der Waals surface area (Å²) >= 11 is 0. The van der Waals surface area contributed by atoms with Gasteiger partial charge in [-0.2, -0.15) is 0 Å². The van der Waals surface area contributed by atoms with Crippen LogP contribution in [-0.4, -0.2) is 17.2 Å². The molecule has 75 heavy (non-hydrogen) atoms. The first-order valence-corrected chi connectivity index (χ1v) is 27.9. The van der Waals surface area contributed by atoms with Crippen LogP contribution < -0.4 is 20.7 Å². The van der Waals surface area contributed by atoms with Crippen molar-refractivity contribution in [3.8, 4) is 55.9 Å². The second kappa shape index (κ2) is 18.5. The number of para-hydroxylation sites is 3. The first-order valence-electron chi connectivity index (χ1n) is 25.9. The largest absolute Gasteiger partial charge is 0.309 e. The van der Waals surface area contributed by atoms with Crippen molar-refractivity contribution in [1.29, 1.82) is 0 Å². The van der Waals surface area contributed by atoms with Crippen molar-refractivity contribution in [2.75, 3.05) is 0 Å². The van der Waals surface area contributed by atoms with E-state index in [4.69, 9.17) is 0 Å². The quantitative estimate of drug-likeness (QED) is 0.0955. The molecule has 0 fully saturated rings. The number of nitrogens with zero attached hydrogens (tertiary/aromatic N) is 2. The van der Waals surface area contributed by atoms with Crippen LogP contribution in [0.15, 0.2) is 303 Å². The highest BCUT2D eigenvalue weighted by molar-refractivity contribution is 7.20. The highest BCUT2D eigenvalue weighted by Crippen LogP contribution is 2.44. The highest BCUT2D eigenvalue weighted by Gasteiger charge is 2.43. The molecule has 14 rings (SSSR count). The molecule has 0 atom stereocenters. The second-order valence-corrected chi connectivity index (χ2v) is 23.3. The second-order valence-electron chi connectivity index (χ2n) is 19.5. The van der Waals surface area contributed by atoms with Gasteiger partial charge in [-0.25, -0.2) is 0 Å². The Kier molecular flexibility index (Phi) is 10.9. The van der Waals surface area contributed by atoms with Gasteiger partial charge in [0.2, 0.25) is 0 Å². The van der Waals surface area contributed by atoms with Crippen LogP contribution in [0.5, 0.6) is 0 Å². The molecule has 352 valence electrons. The molecule has 3 heteroatoms. The van der Waals surface area contributed by atoms with E-state index in [0.29, 0.717) is 0 Å². The molecule has 0 spiro atoms. The molecule has 0 amide bonds. The van der Waals surface area contributed by atoms with E-state index in [2.05, 4.69) is 312 Å². The van der Waals surface area contributed by atoms with Gasteiger partial charge in [0, 0.05) is 38.4 Å². The Morgan fingerprint density at radius 2 is 0.640 bits per heavy atom. The molecule has 2 heterocycles. The number of fused-ring (bicyclic) bond motifs is 6. The van der Waals surface area contributed by atoms with Crippen LogP contribution in [0.1, 0.15) is 0 Å². The fourth-order valence-electron chi connectivity index (χ4n) is 12.2.